The van der Waals surface area contributed by atoms with Crippen molar-refractivity contribution in [3.05, 3.63) is 72.4 Å². The first-order valence-corrected chi connectivity index (χ1v) is 12.8. The predicted octanol–water partition coefficient (Wildman–Crippen LogP) is 3.47. The van der Waals surface area contributed by atoms with E-state index in [9.17, 15) is 18.5 Å². The van der Waals surface area contributed by atoms with Crippen molar-refractivity contribution in [2.45, 2.75) is 36.2 Å². The number of nitrogens with zero attached hydrogens (tertiary/aromatic N) is 2. The smallest absolute Gasteiger partial charge is 0.339 e. The van der Waals surface area contributed by atoms with Gasteiger partial charge in [-0.15, -0.1) is 0 Å². The molecule has 4 aromatic rings. The van der Waals surface area contributed by atoms with Gasteiger partial charge in [-0.3, -0.25) is 4.79 Å². The van der Waals surface area contributed by atoms with E-state index < -0.39 is 22.2 Å². The van der Waals surface area contributed by atoms with E-state index in [0.29, 0.717) is 13.0 Å². The molecule has 1 aliphatic rings. The number of rotatable bonds is 6. The van der Waals surface area contributed by atoms with Crippen molar-refractivity contribution in [1.29, 1.82) is 5.26 Å². The van der Waals surface area contributed by atoms with E-state index in [1.165, 1.54) is 6.07 Å². The number of hydrogen-bond donors (Lipinski definition) is 2. The summed E-state index contributed by atoms with van der Waals surface area (Å²) in [5, 5.41) is 11.7. The molecule has 1 aliphatic heterocycles. The molecule has 35 heavy (non-hydrogen) atoms. The molecule has 0 radical (unpaired) electrons. The number of carbonyl (C=O) groups excluding carboxylic acids is 1. The monoisotopic (exact) mass is 488 g/mol. The van der Waals surface area contributed by atoms with E-state index >= 15 is 0 Å². The SMILES string of the molecule is N#CC1CCCN1C(=O)C(N)Cc1c[nH]c2ccc(OS(=O)(=O)c3ccc4ccccc4c3)cc12. The number of nitriles is 1. The molecule has 0 spiro atoms. The van der Waals surface area contributed by atoms with Crippen LogP contribution in [0.1, 0.15) is 18.4 Å². The minimum atomic E-state index is -4.05. The number of H-pyrrole nitrogens is 1. The molecule has 3 N–H and O–H groups in total. The Bertz CT molecular complexity index is 1570. The van der Waals surface area contributed by atoms with Crippen molar-refractivity contribution in [1.82, 2.24) is 9.88 Å². The summed E-state index contributed by atoms with van der Waals surface area (Å²) in [4.78, 5) is 17.6. The summed E-state index contributed by atoms with van der Waals surface area (Å²) >= 11 is 0. The number of aromatic nitrogens is 1. The molecule has 1 fully saturated rings. The topological polar surface area (TPSA) is 129 Å². The molecule has 5 rings (SSSR count). The fraction of sp³-hybridized carbons (Fsp3) is 0.231. The largest absolute Gasteiger partial charge is 0.379 e. The minimum absolute atomic E-state index is 0.0656. The minimum Gasteiger partial charge on any atom is -0.379 e. The number of amides is 1. The summed E-state index contributed by atoms with van der Waals surface area (Å²) in [5.74, 6) is -0.0924. The van der Waals surface area contributed by atoms with Crippen molar-refractivity contribution in [2.24, 2.45) is 5.73 Å². The van der Waals surface area contributed by atoms with E-state index in [0.717, 1.165) is 33.7 Å². The lowest BCUT2D eigenvalue weighted by atomic mass is 10.0. The number of fused-ring (bicyclic) bond motifs is 2. The van der Waals surface area contributed by atoms with Crippen LogP contribution < -0.4 is 9.92 Å². The van der Waals surface area contributed by atoms with Crippen LogP contribution in [-0.2, 0) is 21.3 Å². The van der Waals surface area contributed by atoms with E-state index in [1.807, 2.05) is 24.3 Å². The van der Waals surface area contributed by atoms with Gasteiger partial charge in [-0.25, -0.2) is 0 Å². The molecular weight excluding hydrogens is 464 g/mol. The van der Waals surface area contributed by atoms with Crippen molar-refractivity contribution in [3.8, 4) is 11.8 Å². The van der Waals surface area contributed by atoms with Gasteiger partial charge in [0.1, 0.15) is 16.7 Å². The summed E-state index contributed by atoms with van der Waals surface area (Å²) in [5.41, 5.74) is 7.75. The highest BCUT2D eigenvalue weighted by Gasteiger charge is 2.32. The molecule has 1 aromatic heterocycles. The second-order valence-corrected chi connectivity index (χ2v) is 10.2. The van der Waals surface area contributed by atoms with Gasteiger partial charge in [-0.1, -0.05) is 30.3 Å². The molecule has 2 atom stereocenters. The van der Waals surface area contributed by atoms with Gasteiger partial charge in [0.25, 0.3) is 0 Å². The number of benzene rings is 3. The zero-order chi connectivity index (χ0) is 24.6. The van der Waals surface area contributed by atoms with Crippen LogP contribution in [0.3, 0.4) is 0 Å². The van der Waals surface area contributed by atoms with Crippen LogP contribution >= 0.6 is 0 Å². The Labute approximate surface area is 203 Å². The van der Waals surface area contributed by atoms with Gasteiger partial charge in [-0.2, -0.15) is 13.7 Å². The van der Waals surface area contributed by atoms with Crippen LogP contribution in [-0.4, -0.2) is 42.8 Å². The number of nitrogens with one attached hydrogen (secondary N) is 1. The van der Waals surface area contributed by atoms with Crippen molar-refractivity contribution in [2.75, 3.05) is 6.54 Å². The third-order valence-corrected chi connectivity index (χ3v) is 7.64. The Hall–Kier alpha value is -3.87. The fourth-order valence-electron chi connectivity index (χ4n) is 4.58. The van der Waals surface area contributed by atoms with Crippen LogP contribution in [0.25, 0.3) is 21.7 Å². The van der Waals surface area contributed by atoms with Crippen LogP contribution in [0, 0.1) is 11.3 Å². The second kappa shape index (κ2) is 9.06. The molecule has 9 heteroatoms. The molecule has 3 aromatic carbocycles. The maximum absolute atomic E-state index is 13.0. The zero-order valence-corrected chi connectivity index (χ0v) is 19.7. The van der Waals surface area contributed by atoms with Crippen LogP contribution in [0.15, 0.2) is 71.8 Å². The first-order chi connectivity index (χ1) is 16.9. The Morgan fingerprint density at radius 2 is 1.97 bits per heavy atom. The first-order valence-electron chi connectivity index (χ1n) is 11.3. The molecule has 2 heterocycles. The van der Waals surface area contributed by atoms with Crippen LogP contribution in [0.4, 0.5) is 0 Å². The van der Waals surface area contributed by atoms with Gasteiger partial charge in [0.05, 0.1) is 12.1 Å². The lowest BCUT2D eigenvalue weighted by Gasteiger charge is -2.23. The average Bonchev–Trinajstić information content (AvgIpc) is 3.50. The maximum atomic E-state index is 13.0. The van der Waals surface area contributed by atoms with Gasteiger partial charge in [0, 0.05) is 23.6 Å². The molecular formula is C26H24N4O4S. The lowest BCUT2D eigenvalue weighted by Crippen LogP contribution is -2.46. The van der Waals surface area contributed by atoms with Gasteiger partial charge in [0.15, 0.2) is 0 Å². The molecule has 8 nitrogen and oxygen atoms in total. The Morgan fingerprint density at radius 1 is 1.17 bits per heavy atom. The Morgan fingerprint density at radius 3 is 2.77 bits per heavy atom. The standard InChI is InChI=1S/C26H24N4O4S/c27-15-20-6-3-11-30(20)26(31)24(28)13-19-16-29-25-10-8-21(14-23(19)25)34-35(32,33)22-9-7-17-4-1-2-5-18(17)12-22/h1-2,4-5,7-10,12,14,16,20,24,29H,3,6,11,13,28H2. The maximum Gasteiger partial charge on any atom is 0.339 e. The molecule has 1 saturated heterocycles. The van der Waals surface area contributed by atoms with Crippen molar-refractivity contribution < 1.29 is 17.4 Å². The number of likely N-dealkylation sites (tertiary alicyclic amines) is 1. The lowest BCUT2D eigenvalue weighted by molar-refractivity contribution is -0.132. The zero-order valence-electron chi connectivity index (χ0n) is 18.8. The summed E-state index contributed by atoms with van der Waals surface area (Å²) in [7, 11) is -4.05. The second-order valence-electron chi connectivity index (χ2n) is 8.70. The van der Waals surface area contributed by atoms with Gasteiger partial charge >= 0.3 is 10.1 Å². The molecule has 0 saturated carbocycles. The molecule has 2 unspecified atom stereocenters. The Kier molecular flexibility index (Phi) is 5.93. The third-order valence-electron chi connectivity index (χ3n) is 6.40. The third kappa shape index (κ3) is 4.46. The molecule has 0 bridgehead atoms. The number of carbonyl (C=O) groups is 1. The number of nitrogens with two attached hydrogens (primary N) is 1. The predicted molar refractivity (Wildman–Crippen MR) is 132 cm³/mol. The summed E-state index contributed by atoms with van der Waals surface area (Å²) < 4.78 is 31.4. The van der Waals surface area contributed by atoms with Gasteiger partial charge in [0.2, 0.25) is 5.91 Å². The van der Waals surface area contributed by atoms with E-state index in [2.05, 4.69) is 11.1 Å². The highest BCUT2D eigenvalue weighted by atomic mass is 32.2. The molecule has 178 valence electrons. The van der Waals surface area contributed by atoms with Crippen molar-refractivity contribution >= 4 is 37.7 Å². The van der Waals surface area contributed by atoms with E-state index in [1.54, 1.807) is 41.4 Å². The quantitative estimate of drug-likeness (QED) is 0.400. The summed E-state index contributed by atoms with van der Waals surface area (Å²) in [6.07, 6.45) is 3.45. The van der Waals surface area contributed by atoms with E-state index in [4.69, 9.17) is 9.92 Å². The molecule has 1 amide bonds. The first kappa shape index (κ1) is 22.9. The number of hydrogen-bond acceptors (Lipinski definition) is 6. The highest BCUT2D eigenvalue weighted by Crippen LogP contribution is 2.28. The summed E-state index contributed by atoms with van der Waals surface area (Å²) in [6, 6.07) is 18.2. The number of aromatic amines is 1. The van der Waals surface area contributed by atoms with E-state index in [-0.39, 0.29) is 23.0 Å². The van der Waals surface area contributed by atoms with Crippen LogP contribution in [0.5, 0.6) is 5.75 Å². The normalized spacial score (nSPS) is 16.9. The average molecular weight is 489 g/mol. The fourth-order valence-corrected chi connectivity index (χ4v) is 5.54. The van der Waals surface area contributed by atoms with Gasteiger partial charge in [-0.05, 0) is 65.9 Å². The molecule has 0 aliphatic carbocycles. The summed E-state index contributed by atoms with van der Waals surface area (Å²) in [6.45, 7) is 0.531. The highest BCUT2D eigenvalue weighted by molar-refractivity contribution is 7.87. The van der Waals surface area contributed by atoms with Gasteiger partial charge < -0.3 is 19.8 Å². The van der Waals surface area contributed by atoms with Crippen molar-refractivity contribution in [3.63, 3.8) is 0 Å². The Balaban J connectivity index is 1.37. The van der Waals surface area contributed by atoms with Crippen LogP contribution in [0.2, 0.25) is 0 Å².